The first-order chi connectivity index (χ1) is 37.9. The van der Waals surface area contributed by atoms with Gasteiger partial charge in [-0.25, -0.2) is 4.39 Å². The first kappa shape index (κ1) is 57.7. The van der Waals surface area contributed by atoms with Crippen LogP contribution in [-0.2, 0) is 23.8 Å². The monoisotopic (exact) mass is 1110 g/mol. The Morgan fingerprint density at radius 2 is 1.56 bits per heavy atom. The molecule has 0 radical (unpaired) electrons. The number of amides is 1. The lowest BCUT2D eigenvalue weighted by atomic mass is 9.78. The summed E-state index contributed by atoms with van der Waals surface area (Å²) in [5.74, 6) is -8.21. The Labute approximate surface area is 465 Å². The molecule has 2 aromatic heterocycles. The molecular weight excluding hydrogens is 1030 g/mol. The van der Waals surface area contributed by atoms with Crippen LogP contribution in [0.4, 0.5) is 15.8 Å². The molecule has 2 saturated heterocycles. The third kappa shape index (κ3) is 10.5. The van der Waals surface area contributed by atoms with Crippen molar-refractivity contribution >= 4 is 51.5 Å². The number of piperidine rings is 1. The van der Waals surface area contributed by atoms with Crippen molar-refractivity contribution in [3.63, 3.8) is 0 Å². The average Bonchev–Trinajstić information content (AvgIpc) is 4.29. The molecule has 7 heterocycles. The fraction of sp³-hybridized carbons (Fsp3) is 0.525. The number of aryl methyl sites for hydroxylation is 2. The summed E-state index contributed by atoms with van der Waals surface area (Å²) in [6.07, 6.45) is 10.5. The van der Waals surface area contributed by atoms with Gasteiger partial charge in [-0.1, -0.05) is 45.9 Å². The van der Waals surface area contributed by atoms with Crippen molar-refractivity contribution in [2.45, 2.75) is 137 Å². The topological polar surface area (TPSA) is 242 Å². The lowest BCUT2D eigenvalue weighted by Crippen LogP contribution is -2.46. The van der Waals surface area contributed by atoms with E-state index in [0.717, 1.165) is 48.7 Å². The highest BCUT2D eigenvalue weighted by atomic mass is 19.1. The maximum absolute atomic E-state index is 16.1. The number of aliphatic hydroxyl groups excluding tert-OH is 2. The fourth-order valence-corrected chi connectivity index (χ4v) is 12.7. The minimum atomic E-state index is -2.10. The molecule has 10 rings (SSSR count). The van der Waals surface area contributed by atoms with Gasteiger partial charge in [0.15, 0.2) is 11.6 Å². The summed E-state index contributed by atoms with van der Waals surface area (Å²) < 4.78 is 41.5. The van der Waals surface area contributed by atoms with Gasteiger partial charge < -0.3 is 54.7 Å². The number of carbonyl (C=O) groups is 3. The van der Waals surface area contributed by atoms with Crippen LogP contribution >= 0.6 is 0 Å². The molecule has 1 aliphatic carbocycles. The van der Waals surface area contributed by atoms with Gasteiger partial charge in [0.1, 0.15) is 23.4 Å². The summed E-state index contributed by atoms with van der Waals surface area (Å²) in [7, 11) is 1.43. The van der Waals surface area contributed by atoms with Crippen molar-refractivity contribution in [3.05, 3.63) is 98.0 Å². The number of aromatic hydroxyl groups is 3. The SMILES string of the molecule is CO[C@H]1/C=C/O[C@@]2(C)Oc3c(C)c(O)c4c(O)c(c(/C=N/N5CCC(C6CCN(c7c(F)cn8c(=O)c(C)cc(C9CC9)c8c7C)C6)CC5)c(O)c4c3C2=O)NC(=O)/C(C)=C\C=C\[C@H](C)[C@H](O)[C@@H](C)[C@@H](O)[C@@H](C)[C@H](OC(C)=O)[C@@H]1C. The molecule has 3 fully saturated rings. The second-order valence-corrected chi connectivity index (χ2v) is 23.2. The van der Waals surface area contributed by atoms with E-state index in [4.69, 9.17) is 24.0 Å². The van der Waals surface area contributed by atoms with Gasteiger partial charge in [-0.05, 0) is 101 Å². The zero-order chi connectivity index (χ0) is 58.0. The lowest BCUT2D eigenvalue weighted by molar-refractivity contribution is -0.160. The lowest BCUT2D eigenvalue weighted by Gasteiger charge is -2.38. The van der Waals surface area contributed by atoms with Gasteiger partial charge in [0, 0.05) is 92.9 Å². The second kappa shape index (κ2) is 22.5. The van der Waals surface area contributed by atoms with Crippen LogP contribution in [0.2, 0.25) is 0 Å². The Morgan fingerprint density at radius 1 is 0.875 bits per heavy atom. The van der Waals surface area contributed by atoms with Crippen molar-refractivity contribution < 1.29 is 63.3 Å². The van der Waals surface area contributed by atoms with E-state index in [1.54, 1.807) is 46.8 Å². The molecule has 19 heteroatoms. The normalized spacial score (nSPS) is 29.7. The summed E-state index contributed by atoms with van der Waals surface area (Å²) in [5, 5.41) is 68.4. The number of halogens is 1. The summed E-state index contributed by atoms with van der Waals surface area (Å²) in [6.45, 7) is 18.5. The van der Waals surface area contributed by atoms with Crippen molar-refractivity contribution in [2.24, 2.45) is 40.6 Å². The predicted molar refractivity (Wildman–Crippen MR) is 301 cm³/mol. The van der Waals surface area contributed by atoms with E-state index < -0.39 is 94.6 Å². The maximum Gasteiger partial charge on any atom is 0.312 e. The largest absolute Gasteiger partial charge is 0.507 e. The first-order valence-electron chi connectivity index (χ1n) is 27.9. The van der Waals surface area contributed by atoms with Crippen molar-refractivity contribution in [1.29, 1.82) is 0 Å². The standard InChI is InChI=1S/C61H76FN5O13/c1-29-13-12-14-30(2)59(75)64-48-42(26-63-66-22-18-38(19-23-66)40-17-21-65(27-40)50-33(5)49-41(39-15-16-39)25-31(3)60(76)67(49)28-43(50)62)54(72)45-46(55(48)73)53(71)36(8)57-47(45)58(74)61(10,80-57)78-24-20-44(77-11)32(4)56(79-37(9)68)35(7)52(70)34(6)51(29)69/h12-14,20,24-26,28-29,32,34-35,38-40,44,51-52,56,69-73H,15-19,21-23,27H2,1-11H3,(H,64,75)/b13-12+,24-20+,30-14-,63-26+/t29-,32+,34+,35+,40?,44-,51-,52+,56+,61-/m0/s1. The number of hydrazone groups is 1. The number of esters is 1. The maximum atomic E-state index is 16.1. The number of phenolic OH excluding ortho intramolecular Hbond substituents is 3. The van der Waals surface area contributed by atoms with Gasteiger partial charge in [-0.2, -0.15) is 5.10 Å². The Morgan fingerprint density at radius 3 is 2.23 bits per heavy atom. The Hall–Kier alpha value is -6.96. The van der Waals surface area contributed by atoms with Gasteiger partial charge in [0.2, 0.25) is 0 Å². The first-order valence-corrected chi connectivity index (χ1v) is 27.9. The smallest absolute Gasteiger partial charge is 0.312 e. The molecule has 5 aliphatic heterocycles. The van der Waals surface area contributed by atoms with Gasteiger partial charge in [-0.15, -0.1) is 0 Å². The predicted octanol–water partition coefficient (Wildman–Crippen LogP) is 8.57. The number of hydrogen-bond donors (Lipinski definition) is 6. The van der Waals surface area contributed by atoms with Crippen LogP contribution in [0.1, 0.15) is 125 Å². The van der Waals surface area contributed by atoms with Crippen LogP contribution < -0.4 is 20.5 Å². The number of methoxy groups -OCH3 is 1. The molecule has 18 nitrogen and oxygen atoms in total. The van der Waals surface area contributed by atoms with Crippen LogP contribution in [0.25, 0.3) is 16.3 Å². The molecule has 2 aromatic carbocycles. The molecule has 4 aromatic rings. The summed E-state index contributed by atoms with van der Waals surface area (Å²) in [4.78, 5) is 56.7. The molecule has 10 atom stereocenters. The minimum absolute atomic E-state index is 0.0309. The number of aromatic nitrogens is 1. The Kier molecular flexibility index (Phi) is 16.3. The number of rotatable bonds is 7. The van der Waals surface area contributed by atoms with Crippen molar-refractivity contribution in [2.75, 3.05) is 43.5 Å². The summed E-state index contributed by atoms with van der Waals surface area (Å²) in [5.41, 5.74) is 3.12. The van der Waals surface area contributed by atoms with Crippen LogP contribution in [0, 0.1) is 62.1 Å². The average molecular weight is 1110 g/mol. The third-order valence-corrected chi connectivity index (χ3v) is 17.7. The van der Waals surface area contributed by atoms with E-state index >= 15 is 4.39 Å². The summed E-state index contributed by atoms with van der Waals surface area (Å²) in [6, 6.07) is 1.98. The number of nitrogens with zero attached hydrogens (tertiary/aromatic N) is 4. The van der Waals surface area contributed by atoms with Crippen LogP contribution in [0.15, 0.2) is 58.3 Å². The Bertz CT molecular complexity index is 3320. The van der Waals surface area contributed by atoms with Gasteiger partial charge in [0.25, 0.3) is 17.2 Å². The molecule has 0 spiro atoms. The number of aliphatic hydroxyl groups is 2. The van der Waals surface area contributed by atoms with Crippen molar-refractivity contribution in [1.82, 2.24) is 9.41 Å². The molecule has 6 aliphatic rings. The molecule has 1 saturated carbocycles. The van der Waals surface area contributed by atoms with Gasteiger partial charge in [0.05, 0.1) is 70.4 Å². The van der Waals surface area contributed by atoms with Crippen LogP contribution in [0.5, 0.6) is 23.0 Å². The fourth-order valence-electron chi connectivity index (χ4n) is 12.7. The minimum Gasteiger partial charge on any atom is -0.507 e. The number of Topliss-reactive ketones (excluding diaryl/α,β-unsaturated/α-hetero) is 1. The zero-order valence-corrected chi connectivity index (χ0v) is 47.5. The number of phenols is 3. The quantitative estimate of drug-likeness (QED) is 0.0440. The number of nitrogens with one attached hydrogen (secondary N) is 1. The highest BCUT2D eigenvalue weighted by Gasteiger charge is 2.50. The summed E-state index contributed by atoms with van der Waals surface area (Å²) >= 11 is 0. The number of ketones is 1. The zero-order valence-electron chi connectivity index (χ0n) is 47.5. The van der Waals surface area contributed by atoms with Crippen molar-refractivity contribution in [3.8, 4) is 23.0 Å². The van der Waals surface area contributed by atoms with Crippen LogP contribution in [-0.4, -0.2) is 122 Å². The van der Waals surface area contributed by atoms with Gasteiger partial charge in [-0.3, -0.25) is 28.6 Å². The molecule has 80 heavy (non-hydrogen) atoms. The number of ether oxygens (including phenoxy) is 4. The van der Waals surface area contributed by atoms with E-state index in [2.05, 4.69) is 10.2 Å². The molecule has 1 amide bonds. The van der Waals surface area contributed by atoms with E-state index in [1.807, 2.05) is 18.0 Å². The highest BCUT2D eigenvalue weighted by molar-refractivity contribution is 6.24. The van der Waals surface area contributed by atoms with E-state index in [-0.39, 0.29) is 61.9 Å². The number of fused-ring (bicyclic) bond motifs is 15. The number of carbonyl (C=O) groups excluding carboxylic acids is 3. The number of anilines is 2. The Balaban J connectivity index is 1.03. The third-order valence-electron chi connectivity index (χ3n) is 17.7. The van der Waals surface area contributed by atoms with E-state index in [0.29, 0.717) is 43.3 Å². The van der Waals surface area contributed by atoms with E-state index in [1.165, 1.54) is 70.0 Å². The number of allylic oxidation sites excluding steroid dienone is 2. The second-order valence-electron chi connectivity index (χ2n) is 23.2. The molecule has 6 N–H and O–H groups in total. The molecule has 1 unspecified atom stereocenters. The highest BCUT2D eigenvalue weighted by Crippen LogP contribution is 2.55. The van der Waals surface area contributed by atoms with Crippen LogP contribution in [0.3, 0.4) is 0 Å². The number of benzene rings is 2. The molecule has 5 bridgehead atoms. The molecule has 430 valence electrons. The molecular formula is C61H76FN5O13. The van der Waals surface area contributed by atoms with E-state index in [9.17, 15) is 44.7 Å². The van der Waals surface area contributed by atoms with Gasteiger partial charge >= 0.3 is 11.8 Å². The number of pyridine rings is 2. The number of hydrogen-bond acceptors (Lipinski definition) is 16.